The predicted octanol–water partition coefficient (Wildman–Crippen LogP) is 5.27. The zero-order chi connectivity index (χ0) is 25.7. The van der Waals surface area contributed by atoms with E-state index < -0.39 is 32.4 Å². The Labute approximate surface area is 213 Å². The largest absolute Gasteiger partial charge is 0.380 e. The minimum Gasteiger partial charge on any atom is -0.380 e. The lowest BCUT2D eigenvalue weighted by molar-refractivity contribution is -0.105. The smallest absolute Gasteiger partial charge is 0.221 e. The van der Waals surface area contributed by atoms with Gasteiger partial charge in [-0.25, -0.2) is 17.2 Å². The van der Waals surface area contributed by atoms with Crippen LogP contribution in [0.1, 0.15) is 68.4 Å². The molecule has 1 N–H and O–H groups in total. The topological polar surface area (TPSA) is 58.6 Å². The quantitative estimate of drug-likeness (QED) is 0.543. The molecule has 2 aromatic rings. The summed E-state index contributed by atoms with van der Waals surface area (Å²) in [5, 5.41) is 2.86. The van der Waals surface area contributed by atoms with E-state index in [2.05, 4.69) is 19.2 Å². The van der Waals surface area contributed by atoms with Crippen molar-refractivity contribution in [3.05, 3.63) is 70.8 Å². The van der Waals surface area contributed by atoms with Gasteiger partial charge in [0, 0.05) is 41.2 Å². The molecule has 2 saturated heterocycles. The van der Waals surface area contributed by atoms with Gasteiger partial charge in [-0.1, -0.05) is 44.2 Å². The highest BCUT2D eigenvalue weighted by molar-refractivity contribution is 7.89. The molecular weight excluding hydrogens is 482 g/mol. The molecule has 3 fully saturated rings. The van der Waals surface area contributed by atoms with Crippen molar-refractivity contribution in [2.75, 3.05) is 19.8 Å². The Hall–Kier alpha value is -1.87. The van der Waals surface area contributed by atoms with Crippen LogP contribution in [0.2, 0.25) is 0 Å². The van der Waals surface area contributed by atoms with Crippen molar-refractivity contribution in [3.63, 3.8) is 0 Å². The van der Waals surface area contributed by atoms with Crippen LogP contribution in [0, 0.1) is 23.0 Å². The van der Waals surface area contributed by atoms with E-state index in [1.807, 2.05) is 37.3 Å². The maximum Gasteiger partial charge on any atom is 0.221 e. The number of hydrogen-bond donors (Lipinski definition) is 1. The fourth-order valence-electron chi connectivity index (χ4n) is 6.12. The molecule has 196 valence electrons. The van der Waals surface area contributed by atoms with E-state index in [4.69, 9.17) is 4.74 Å². The van der Waals surface area contributed by atoms with Gasteiger partial charge < -0.3 is 10.1 Å². The van der Waals surface area contributed by atoms with Gasteiger partial charge in [0.25, 0.3) is 0 Å². The van der Waals surface area contributed by atoms with Gasteiger partial charge in [-0.3, -0.25) is 0 Å². The SMILES string of the molecule is C[C@H]1CC[C@H](c2ccccc2)S(=O)(=O)N1Cc1cc(F)c([C@]2(NCC3(C)COC3)C[C@@H](C)C2)cc1F. The molecule has 0 radical (unpaired) electrons. The Morgan fingerprint density at radius 3 is 2.36 bits per heavy atom. The fraction of sp³-hybridized carbons (Fsp3) is 0.571. The van der Waals surface area contributed by atoms with Crippen LogP contribution >= 0.6 is 0 Å². The van der Waals surface area contributed by atoms with Gasteiger partial charge in [0.15, 0.2) is 0 Å². The van der Waals surface area contributed by atoms with E-state index in [1.54, 1.807) is 0 Å². The van der Waals surface area contributed by atoms with Crippen LogP contribution in [0.25, 0.3) is 0 Å². The molecule has 5 rings (SSSR count). The Kier molecular flexibility index (Phi) is 6.77. The van der Waals surface area contributed by atoms with Crippen molar-refractivity contribution in [2.24, 2.45) is 11.3 Å². The summed E-state index contributed by atoms with van der Waals surface area (Å²) in [7, 11) is -3.74. The second-order valence-electron chi connectivity index (χ2n) is 11.6. The highest BCUT2D eigenvalue weighted by atomic mass is 32.2. The molecule has 8 heteroatoms. The molecule has 1 saturated carbocycles. The van der Waals surface area contributed by atoms with Crippen LogP contribution in [0.4, 0.5) is 8.78 Å². The van der Waals surface area contributed by atoms with Crippen molar-refractivity contribution in [2.45, 2.75) is 69.8 Å². The molecule has 1 aliphatic carbocycles. The first-order chi connectivity index (χ1) is 17.0. The average molecular weight is 519 g/mol. The molecule has 0 bridgehead atoms. The van der Waals surface area contributed by atoms with Crippen LogP contribution in [-0.2, 0) is 26.8 Å². The molecule has 0 unspecified atom stereocenters. The number of benzene rings is 2. The fourth-order valence-corrected chi connectivity index (χ4v) is 8.31. The van der Waals surface area contributed by atoms with E-state index in [9.17, 15) is 8.42 Å². The monoisotopic (exact) mass is 518 g/mol. The van der Waals surface area contributed by atoms with Gasteiger partial charge in [0.2, 0.25) is 10.0 Å². The van der Waals surface area contributed by atoms with Crippen LogP contribution in [0.15, 0.2) is 42.5 Å². The van der Waals surface area contributed by atoms with E-state index in [1.165, 1.54) is 16.4 Å². The van der Waals surface area contributed by atoms with E-state index in [-0.39, 0.29) is 23.6 Å². The zero-order valence-electron chi connectivity index (χ0n) is 21.3. The Bertz CT molecular complexity index is 1210. The number of halogens is 2. The van der Waals surface area contributed by atoms with Gasteiger partial charge in [0.05, 0.1) is 13.2 Å². The minimum absolute atomic E-state index is 0.00877. The summed E-state index contributed by atoms with van der Waals surface area (Å²) in [4.78, 5) is 0. The highest BCUT2D eigenvalue weighted by Crippen LogP contribution is 2.47. The first kappa shape index (κ1) is 25.8. The van der Waals surface area contributed by atoms with Crippen LogP contribution in [0.5, 0.6) is 0 Å². The second kappa shape index (κ2) is 9.46. The summed E-state index contributed by atoms with van der Waals surface area (Å²) < 4.78 is 64.8. The summed E-state index contributed by atoms with van der Waals surface area (Å²) in [5.74, 6) is -0.628. The summed E-state index contributed by atoms with van der Waals surface area (Å²) in [6.07, 6.45) is 2.64. The van der Waals surface area contributed by atoms with Crippen LogP contribution < -0.4 is 5.32 Å². The van der Waals surface area contributed by atoms with Gasteiger partial charge in [0.1, 0.15) is 16.9 Å². The maximum atomic E-state index is 15.6. The highest BCUT2D eigenvalue weighted by Gasteiger charge is 2.47. The Balaban J connectivity index is 1.40. The third kappa shape index (κ3) is 4.62. The van der Waals surface area contributed by atoms with Crippen molar-refractivity contribution >= 4 is 10.0 Å². The van der Waals surface area contributed by atoms with Crippen molar-refractivity contribution < 1.29 is 21.9 Å². The summed E-state index contributed by atoms with van der Waals surface area (Å²) in [5.41, 5.74) is 0.540. The molecule has 0 aromatic heterocycles. The summed E-state index contributed by atoms with van der Waals surface area (Å²) >= 11 is 0. The van der Waals surface area contributed by atoms with Gasteiger partial charge in [-0.2, -0.15) is 4.31 Å². The molecule has 2 aromatic carbocycles. The lowest BCUT2D eigenvalue weighted by Gasteiger charge is -2.50. The number of rotatable bonds is 7. The maximum absolute atomic E-state index is 15.6. The lowest BCUT2D eigenvalue weighted by atomic mass is 9.64. The number of sulfonamides is 1. The molecule has 2 atom stereocenters. The van der Waals surface area contributed by atoms with E-state index in [0.717, 1.165) is 18.4 Å². The van der Waals surface area contributed by atoms with Crippen LogP contribution in [-0.4, -0.2) is 38.5 Å². The molecule has 36 heavy (non-hydrogen) atoms. The average Bonchev–Trinajstić information content (AvgIpc) is 2.79. The van der Waals surface area contributed by atoms with Crippen molar-refractivity contribution in [3.8, 4) is 0 Å². The third-order valence-corrected chi connectivity index (χ3v) is 10.7. The number of nitrogens with one attached hydrogen (secondary N) is 1. The molecular formula is C28H36F2N2O3S. The molecule has 0 amide bonds. The second-order valence-corrected chi connectivity index (χ2v) is 13.7. The van der Waals surface area contributed by atoms with E-state index >= 15 is 8.78 Å². The molecule has 3 aliphatic rings. The first-order valence-corrected chi connectivity index (χ1v) is 14.4. The van der Waals surface area contributed by atoms with Crippen LogP contribution in [0.3, 0.4) is 0 Å². The van der Waals surface area contributed by atoms with Gasteiger partial charge in [-0.05, 0) is 56.2 Å². The van der Waals surface area contributed by atoms with Gasteiger partial charge in [-0.15, -0.1) is 0 Å². The van der Waals surface area contributed by atoms with E-state index in [0.29, 0.717) is 44.1 Å². The number of ether oxygens (including phenoxy) is 1. The molecule has 2 heterocycles. The van der Waals surface area contributed by atoms with Gasteiger partial charge >= 0.3 is 0 Å². The Morgan fingerprint density at radius 1 is 1.06 bits per heavy atom. The minimum atomic E-state index is -3.74. The third-order valence-electron chi connectivity index (χ3n) is 8.32. The standard InChI is InChI=1S/C28H36F2N2O3S/c1-19-13-28(14-19,31-16-27(3)17-35-18-27)23-12-24(29)22(11-25(23)30)15-32-20(2)9-10-26(36(32,33)34)21-7-5-4-6-8-21/h4-8,11-12,19-20,26,31H,9-10,13-18H2,1-3H3/t19-,20-,26+,28+/m0/s1. The summed E-state index contributed by atoms with van der Waals surface area (Å²) in [6, 6.07) is 11.3. The van der Waals surface area contributed by atoms with Crippen molar-refractivity contribution in [1.82, 2.24) is 9.62 Å². The summed E-state index contributed by atoms with van der Waals surface area (Å²) in [6.45, 7) is 7.89. The molecule has 5 nitrogen and oxygen atoms in total. The number of nitrogens with zero attached hydrogens (tertiary/aromatic N) is 1. The normalized spacial score (nSPS) is 31.4. The zero-order valence-corrected chi connectivity index (χ0v) is 22.1. The van der Waals surface area contributed by atoms with Crippen molar-refractivity contribution in [1.29, 1.82) is 0 Å². The first-order valence-electron chi connectivity index (χ1n) is 12.9. The molecule has 2 aliphatic heterocycles. The predicted molar refractivity (Wildman–Crippen MR) is 136 cm³/mol. The lowest BCUT2D eigenvalue weighted by Crippen LogP contribution is -2.58. The molecule has 0 spiro atoms. The Morgan fingerprint density at radius 2 is 1.75 bits per heavy atom. The number of hydrogen-bond acceptors (Lipinski definition) is 4.